The molecular weight excluding hydrogens is 368 g/mol. The van der Waals surface area contributed by atoms with Gasteiger partial charge in [-0.25, -0.2) is 4.98 Å². The Kier molecular flexibility index (Phi) is 4.88. The van der Waals surface area contributed by atoms with Gasteiger partial charge in [0.2, 0.25) is 0 Å². The highest BCUT2D eigenvalue weighted by Gasteiger charge is 2.19. The first-order valence-corrected chi connectivity index (χ1v) is 9.48. The van der Waals surface area contributed by atoms with Gasteiger partial charge >= 0.3 is 0 Å². The van der Waals surface area contributed by atoms with Crippen LogP contribution in [0, 0.1) is 13.8 Å². The summed E-state index contributed by atoms with van der Waals surface area (Å²) < 4.78 is 13.3. The number of rotatable bonds is 4. The largest absolute Gasteiger partial charge is 0.486 e. The molecule has 4 rings (SSSR count). The van der Waals surface area contributed by atoms with Gasteiger partial charge in [0.1, 0.15) is 19.0 Å². The van der Waals surface area contributed by atoms with Crippen molar-refractivity contribution >= 4 is 17.4 Å². The van der Waals surface area contributed by atoms with Crippen LogP contribution in [0.25, 0.3) is 5.69 Å². The van der Waals surface area contributed by atoms with Crippen LogP contribution in [0.1, 0.15) is 21.7 Å². The minimum atomic E-state index is -0.188. The number of hydrogen-bond donors (Lipinski definition) is 1. The van der Waals surface area contributed by atoms with E-state index in [0.717, 1.165) is 34.3 Å². The first kappa shape index (κ1) is 18.9. The topological polar surface area (TPSA) is 68.6 Å². The molecule has 1 aromatic carbocycles. The molecule has 3 heterocycles. The van der Waals surface area contributed by atoms with E-state index >= 15 is 0 Å². The standard InChI is InChI=1S/C22H24N4O3/c1-14-11-18(22(27)24-21-8-6-17(13-23-21)25(3)4)15(2)26(14)16-5-7-19-20(12-16)29-10-9-28-19/h5-8,11-13H,9-10H2,1-4H3,(H,23,24,27). The minimum absolute atomic E-state index is 0.188. The van der Waals surface area contributed by atoms with Crippen LogP contribution in [-0.2, 0) is 0 Å². The van der Waals surface area contributed by atoms with Crippen LogP contribution in [0.3, 0.4) is 0 Å². The lowest BCUT2D eigenvalue weighted by Gasteiger charge is -2.20. The number of hydrogen-bond acceptors (Lipinski definition) is 5. The summed E-state index contributed by atoms with van der Waals surface area (Å²) in [4.78, 5) is 19.1. The third kappa shape index (κ3) is 3.63. The Hall–Kier alpha value is -3.48. The van der Waals surface area contributed by atoms with Crippen LogP contribution < -0.4 is 19.7 Å². The Bertz CT molecular complexity index is 1050. The van der Waals surface area contributed by atoms with E-state index in [1.807, 2.05) is 67.7 Å². The predicted octanol–water partition coefficient (Wildman–Crippen LogP) is 3.58. The fraction of sp³-hybridized carbons (Fsp3) is 0.273. The van der Waals surface area contributed by atoms with Crippen LogP contribution in [0.4, 0.5) is 11.5 Å². The van der Waals surface area contributed by atoms with Crippen molar-refractivity contribution in [2.75, 3.05) is 37.5 Å². The highest BCUT2D eigenvalue weighted by molar-refractivity contribution is 6.05. The summed E-state index contributed by atoms with van der Waals surface area (Å²) in [5, 5.41) is 2.88. The molecule has 1 aliphatic heterocycles. The molecule has 1 amide bonds. The van der Waals surface area contributed by atoms with Crippen molar-refractivity contribution in [3.05, 3.63) is 59.5 Å². The second kappa shape index (κ2) is 7.50. The average molecular weight is 392 g/mol. The van der Waals surface area contributed by atoms with E-state index in [9.17, 15) is 4.79 Å². The van der Waals surface area contributed by atoms with Gasteiger partial charge in [0.25, 0.3) is 5.91 Å². The second-order valence-electron chi connectivity index (χ2n) is 7.20. The molecule has 0 saturated heterocycles. The van der Waals surface area contributed by atoms with E-state index in [4.69, 9.17) is 9.47 Å². The zero-order valence-electron chi connectivity index (χ0n) is 17.0. The van der Waals surface area contributed by atoms with Crippen molar-refractivity contribution in [1.29, 1.82) is 0 Å². The molecular formula is C22H24N4O3. The van der Waals surface area contributed by atoms with E-state index in [0.29, 0.717) is 24.6 Å². The van der Waals surface area contributed by atoms with Crippen molar-refractivity contribution < 1.29 is 14.3 Å². The van der Waals surface area contributed by atoms with Gasteiger partial charge in [0, 0.05) is 37.2 Å². The van der Waals surface area contributed by atoms with Crippen LogP contribution >= 0.6 is 0 Å². The molecule has 29 heavy (non-hydrogen) atoms. The number of benzene rings is 1. The summed E-state index contributed by atoms with van der Waals surface area (Å²) in [6.45, 7) is 5.00. The lowest BCUT2D eigenvalue weighted by molar-refractivity contribution is 0.102. The number of aromatic nitrogens is 2. The fourth-order valence-electron chi connectivity index (χ4n) is 3.47. The number of amides is 1. The summed E-state index contributed by atoms with van der Waals surface area (Å²) >= 11 is 0. The van der Waals surface area contributed by atoms with Crippen molar-refractivity contribution in [1.82, 2.24) is 9.55 Å². The molecule has 1 aliphatic rings. The third-order valence-corrected chi connectivity index (χ3v) is 4.97. The Labute approximate surface area is 169 Å². The number of carbonyl (C=O) groups excluding carboxylic acids is 1. The lowest BCUT2D eigenvalue weighted by Crippen LogP contribution is -2.16. The summed E-state index contributed by atoms with van der Waals surface area (Å²) in [7, 11) is 3.89. The number of carbonyl (C=O) groups is 1. The van der Waals surface area contributed by atoms with Gasteiger partial charge < -0.3 is 24.3 Å². The summed E-state index contributed by atoms with van der Waals surface area (Å²) in [6.07, 6.45) is 1.73. The molecule has 1 N–H and O–H groups in total. The minimum Gasteiger partial charge on any atom is -0.486 e. The first-order valence-electron chi connectivity index (χ1n) is 9.48. The Morgan fingerprint density at radius 3 is 2.52 bits per heavy atom. The quantitative estimate of drug-likeness (QED) is 0.735. The molecule has 7 heteroatoms. The molecule has 0 fully saturated rings. The summed E-state index contributed by atoms with van der Waals surface area (Å²) in [5.74, 6) is 1.79. The molecule has 0 saturated carbocycles. The summed E-state index contributed by atoms with van der Waals surface area (Å²) in [6, 6.07) is 11.4. The van der Waals surface area contributed by atoms with Crippen LogP contribution in [0.15, 0.2) is 42.6 Å². The number of nitrogens with one attached hydrogen (secondary N) is 1. The molecule has 3 aromatic rings. The smallest absolute Gasteiger partial charge is 0.258 e. The maximum atomic E-state index is 12.9. The van der Waals surface area contributed by atoms with Gasteiger partial charge in [-0.2, -0.15) is 0 Å². The Balaban J connectivity index is 1.60. The summed E-state index contributed by atoms with van der Waals surface area (Å²) in [5.41, 5.74) is 4.31. The number of fused-ring (bicyclic) bond motifs is 1. The number of ether oxygens (including phenoxy) is 2. The predicted molar refractivity (Wildman–Crippen MR) is 113 cm³/mol. The van der Waals surface area contributed by atoms with Crippen molar-refractivity contribution in [2.45, 2.75) is 13.8 Å². The van der Waals surface area contributed by atoms with Crippen LogP contribution in [0.2, 0.25) is 0 Å². The molecule has 2 aromatic heterocycles. The molecule has 7 nitrogen and oxygen atoms in total. The van der Waals surface area contributed by atoms with E-state index in [1.165, 1.54) is 0 Å². The van der Waals surface area contributed by atoms with Crippen molar-refractivity contribution in [3.8, 4) is 17.2 Å². The van der Waals surface area contributed by atoms with Gasteiger partial charge in [-0.05, 0) is 44.2 Å². The highest BCUT2D eigenvalue weighted by atomic mass is 16.6. The molecule has 0 bridgehead atoms. The van der Waals surface area contributed by atoms with Gasteiger partial charge in [0.15, 0.2) is 11.5 Å². The molecule has 0 radical (unpaired) electrons. The number of aryl methyl sites for hydroxylation is 1. The van der Waals surface area contributed by atoms with E-state index in [1.54, 1.807) is 12.3 Å². The zero-order chi connectivity index (χ0) is 20.5. The van der Waals surface area contributed by atoms with Gasteiger partial charge in [-0.3, -0.25) is 4.79 Å². The SMILES string of the molecule is Cc1cc(C(=O)Nc2ccc(N(C)C)cn2)c(C)n1-c1ccc2c(c1)OCCO2. The molecule has 150 valence electrons. The van der Waals surface area contributed by atoms with Gasteiger partial charge in [-0.1, -0.05) is 0 Å². The lowest BCUT2D eigenvalue weighted by atomic mass is 10.2. The van der Waals surface area contributed by atoms with Crippen LogP contribution in [-0.4, -0.2) is 42.8 Å². The number of anilines is 2. The van der Waals surface area contributed by atoms with Gasteiger partial charge in [-0.15, -0.1) is 0 Å². The zero-order valence-corrected chi connectivity index (χ0v) is 17.0. The normalized spacial score (nSPS) is 12.6. The van der Waals surface area contributed by atoms with E-state index in [2.05, 4.69) is 10.3 Å². The number of nitrogens with zero attached hydrogens (tertiary/aromatic N) is 3. The number of pyridine rings is 1. The monoisotopic (exact) mass is 392 g/mol. The molecule has 0 aliphatic carbocycles. The maximum Gasteiger partial charge on any atom is 0.258 e. The maximum absolute atomic E-state index is 12.9. The molecule has 0 unspecified atom stereocenters. The highest BCUT2D eigenvalue weighted by Crippen LogP contribution is 2.33. The van der Waals surface area contributed by atoms with Crippen LogP contribution in [0.5, 0.6) is 11.5 Å². The van der Waals surface area contributed by atoms with E-state index < -0.39 is 0 Å². The van der Waals surface area contributed by atoms with Gasteiger partial charge in [0.05, 0.1) is 17.4 Å². The average Bonchev–Trinajstić information content (AvgIpc) is 3.02. The Morgan fingerprint density at radius 2 is 1.83 bits per heavy atom. The van der Waals surface area contributed by atoms with Crippen molar-refractivity contribution in [3.63, 3.8) is 0 Å². The van der Waals surface area contributed by atoms with Crippen molar-refractivity contribution in [2.24, 2.45) is 0 Å². The fourth-order valence-corrected chi connectivity index (χ4v) is 3.47. The second-order valence-corrected chi connectivity index (χ2v) is 7.20. The third-order valence-electron chi connectivity index (χ3n) is 4.97. The van der Waals surface area contributed by atoms with E-state index in [-0.39, 0.29) is 5.91 Å². The Morgan fingerprint density at radius 1 is 1.07 bits per heavy atom. The first-order chi connectivity index (χ1) is 13.9. The molecule has 0 atom stereocenters. The molecule has 0 spiro atoms.